The highest BCUT2D eigenvalue weighted by Gasteiger charge is 2.35. The number of nitrogens with zero attached hydrogens (tertiary/aromatic N) is 2. The zero-order valence-electron chi connectivity index (χ0n) is 14.7. The SMILES string of the molecule is CCSc1ccccc1C(=O)N(CC1CCC1)[C@H]1CCN(C(=O)O)C1. The van der Waals surface area contributed by atoms with Gasteiger partial charge in [0.05, 0.1) is 11.6 Å². The van der Waals surface area contributed by atoms with E-state index in [0.717, 1.165) is 29.2 Å². The van der Waals surface area contributed by atoms with Crippen LogP contribution in [0.2, 0.25) is 0 Å². The first-order valence-electron chi connectivity index (χ1n) is 9.10. The number of carbonyl (C=O) groups excluding carboxylic acids is 1. The second-order valence-electron chi connectivity index (χ2n) is 6.85. The molecule has 1 aliphatic carbocycles. The molecule has 2 amide bonds. The number of carboxylic acid groups (broad SMARTS) is 1. The van der Waals surface area contributed by atoms with Crippen LogP contribution in [0, 0.1) is 5.92 Å². The number of amides is 2. The van der Waals surface area contributed by atoms with Gasteiger partial charge in [-0.15, -0.1) is 11.8 Å². The molecule has 0 aromatic heterocycles. The summed E-state index contributed by atoms with van der Waals surface area (Å²) in [5, 5.41) is 9.24. The molecule has 5 nitrogen and oxygen atoms in total. The summed E-state index contributed by atoms with van der Waals surface area (Å²) in [6.45, 7) is 3.78. The number of likely N-dealkylation sites (tertiary alicyclic amines) is 1. The standard InChI is InChI=1S/C19H26N2O3S/c1-2-25-17-9-4-3-8-16(17)18(22)21(12-14-6-5-7-14)15-10-11-20(13-15)19(23)24/h3-4,8-9,14-15H,2,5-7,10-13H2,1H3,(H,23,24)/t15-/m0/s1. The second kappa shape index (κ2) is 8.13. The highest BCUT2D eigenvalue weighted by molar-refractivity contribution is 7.99. The van der Waals surface area contributed by atoms with E-state index in [9.17, 15) is 14.7 Å². The van der Waals surface area contributed by atoms with E-state index in [0.29, 0.717) is 19.0 Å². The Morgan fingerprint density at radius 1 is 1.28 bits per heavy atom. The van der Waals surface area contributed by atoms with Crippen LogP contribution in [0.25, 0.3) is 0 Å². The van der Waals surface area contributed by atoms with Crippen molar-refractivity contribution in [2.24, 2.45) is 5.92 Å². The summed E-state index contributed by atoms with van der Waals surface area (Å²) in [6, 6.07) is 7.77. The Balaban J connectivity index is 1.81. The Morgan fingerprint density at radius 2 is 2.04 bits per heavy atom. The molecule has 2 aliphatic rings. The Labute approximate surface area is 153 Å². The fourth-order valence-electron chi connectivity index (χ4n) is 3.60. The van der Waals surface area contributed by atoms with Gasteiger partial charge in [0, 0.05) is 24.5 Å². The lowest BCUT2D eigenvalue weighted by molar-refractivity contribution is 0.0598. The average Bonchev–Trinajstić information content (AvgIpc) is 3.04. The highest BCUT2D eigenvalue weighted by atomic mass is 32.2. The summed E-state index contributed by atoms with van der Waals surface area (Å²) in [6.07, 6.45) is 3.42. The first kappa shape index (κ1) is 18.1. The third-order valence-corrected chi connectivity index (χ3v) is 6.19. The number of hydrogen-bond donors (Lipinski definition) is 1. The maximum atomic E-state index is 13.3. The topological polar surface area (TPSA) is 60.9 Å². The zero-order chi connectivity index (χ0) is 17.8. The molecular formula is C19H26N2O3S. The smallest absolute Gasteiger partial charge is 0.407 e. The molecule has 6 heteroatoms. The van der Waals surface area contributed by atoms with Gasteiger partial charge in [-0.3, -0.25) is 4.79 Å². The van der Waals surface area contributed by atoms with E-state index in [-0.39, 0.29) is 11.9 Å². The minimum absolute atomic E-state index is 0.0103. The van der Waals surface area contributed by atoms with Gasteiger partial charge in [-0.1, -0.05) is 25.5 Å². The first-order chi connectivity index (χ1) is 12.1. The predicted octanol–water partition coefficient (Wildman–Crippen LogP) is 3.79. The Morgan fingerprint density at radius 3 is 2.64 bits per heavy atom. The summed E-state index contributed by atoms with van der Waals surface area (Å²) in [7, 11) is 0. The highest BCUT2D eigenvalue weighted by Crippen LogP contribution is 2.31. The van der Waals surface area contributed by atoms with Crippen LogP contribution in [0.1, 0.15) is 43.0 Å². The number of carbonyl (C=O) groups is 2. The van der Waals surface area contributed by atoms with Gasteiger partial charge in [0.2, 0.25) is 0 Å². The van der Waals surface area contributed by atoms with Gasteiger partial charge in [-0.2, -0.15) is 0 Å². The van der Waals surface area contributed by atoms with E-state index in [4.69, 9.17) is 0 Å². The van der Waals surface area contributed by atoms with Gasteiger partial charge < -0.3 is 14.9 Å². The van der Waals surface area contributed by atoms with Crippen molar-refractivity contribution in [1.82, 2.24) is 9.80 Å². The van der Waals surface area contributed by atoms with E-state index < -0.39 is 6.09 Å². The van der Waals surface area contributed by atoms with Crippen molar-refractivity contribution >= 4 is 23.8 Å². The summed E-state index contributed by atoms with van der Waals surface area (Å²) < 4.78 is 0. The maximum Gasteiger partial charge on any atom is 0.407 e. The van der Waals surface area contributed by atoms with Crippen LogP contribution >= 0.6 is 11.8 Å². The van der Waals surface area contributed by atoms with Gasteiger partial charge in [-0.25, -0.2) is 4.79 Å². The molecule has 1 saturated carbocycles. The second-order valence-corrected chi connectivity index (χ2v) is 8.16. The van der Waals surface area contributed by atoms with Crippen LogP contribution in [0.3, 0.4) is 0 Å². The van der Waals surface area contributed by atoms with E-state index in [1.807, 2.05) is 29.2 Å². The summed E-state index contributed by atoms with van der Waals surface area (Å²) in [4.78, 5) is 29.0. The first-order valence-corrected chi connectivity index (χ1v) is 10.1. The molecule has 1 saturated heterocycles. The molecule has 136 valence electrons. The molecule has 0 radical (unpaired) electrons. The molecule has 2 fully saturated rings. The number of benzene rings is 1. The van der Waals surface area contributed by atoms with E-state index >= 15 is 0 Å². The maximum absolute atomic E-state index is 13.3. The van der Waals surface area contributed by atoms with E-state index in [2.05, 4.69) is 6.92 Å². The molecule has 1 N–H and O–H groups in total. The fraction of sp³-hybridized carbons (Fsp3) is 0.579. The molecule has 1 aromatic rings. The minimum atomic E-state index is -0.888. The number of thioether (sulfide) groups is 1. The molecule has 0 spiro atoms. The van der Waals surface area contributed by atoms with Gasteiger partial charge in [0.1, 0.15) is 0 Å². The van der Waals surface area contributed by atoms with Crippen molar-refractivity contribution in [2.45, 2.75) is 43.5 Å². The average molecular weight is 362 g/mol. The fourth-order valence-corrected chi connectivity index (χ4v) is 4.40. The molecule has 1 heterocycles. The molecule has 1 atom stereocenters. The van der Waals surface area contributed by atoms with Crippen LogP contribution in [0.4, 0.5) is 4.79 Å². The van der Waals surface area contributed by atoms with Crippen molar-refractivity contribution in [3.63, 3.8) is 0 Å². The Bertz CT molecular complexity index is 633. The zero-order valence-corrected chi connectivity index (χ0v) is 15.5. The molecule has 0 unspecified atom stereocenters. The molecule has 1 aliphatic heterocycles. The molecule has 25 heavy (non-hydrogen) atoms. The lowest BCUT2D eigenvalue weighted by Crippen LogP contribution is -2.46. The van der Waals surface area contributed by atoms with Crippen molar-refractivity contribution in [3.05, 3.63) is 29.8 Å². The Hall–Kier alpha value is -1.69. The van der Waals surface area contributed by atoms with Crippen molar-refractivity contribution < 1.29 is 14.7 Å². The van der Waals surface area contributed by atoms with Crippen LogP contribution in [-0.2, 0) is 0 Å². The Kier molecular flexibility index (Phi) is 5.89. The number of rotatable bonds is 6. The molecule has 1 aromatic carbocycles. The van der Waals surface area contributed by atoms with Crippen molar-refractivity contribution in [3.8, 4) is 0 Å². The summed E-state index contributed by atoms with van der Waals surface area (Å²) >= 11 is 1.68. The normalized spacial score (nSPS) is 20.4. The molecular weight excluding hydrogens is 336 g/mol. The summed E-state index contributed by atoms with van der Waals surface area (Å²) in [5.41, 5.74) is 0.752. The molecule has 3 rings (SSSR count). The van der Waals surface area contributed by atoms with Gasteiger partial charge in [0.25, 0.3) is 5.91 Å². The lowest BCUT2D eigenvalue weighted by Gasteiger charge is -2.36. The summed E-state index contributed by atoms with van der Waals surface area (Å²) in [5.74, 6) is 1.54. The largest absolute Gasteiger partial charge is 0.465 e. The third kappa shape index (κ3) is 4.11. The number of hydrogen-bond acceptors (Lipinski definition) is 3. The van der Waals surface area contributed by atoms with Crippen molar-refractivity contribution in [1.29, 1.82) is 0 Å². The monoisotopic (exact) mass is 362 g/mol. The van der Waals surface area contributed by atoms with E-state index in [1.165, 1.54) is 24.2 Å². The van der Waals surface area contributed by atoms with Crippen LogP contribution in [0.15, 0.2) is 29.2 Å². The molecule has 0 bridgehead atoms. The van der Waals surface area contributed by atoms with Crippen LogP contribution < -0.4 is 0 Å². The van der Waals surface area contributed by atoms with E-state index in [1.54, 1.807) is 11.8 Å². The van der Waals surface area contributed by atoms with Crippen LogP contribution in [0.5, 0.6) is 0 Å². The van der Waals surface area contributed by atoms with Gasteiger partial charge in [-0.05, 0) is 43.1 Å². The van der Waals surface area contributed by atoms with Crippen LogP contribution in [-0.4, -0.2) is 58.3 Å². The van der Waals surface area contributed by atoms with Crippen molar-refractivity contribution in [2.75, 3.05) is 25.4 Å². The lowest BCUT2D eigenvalue weighted by atomic mass is 9.84. The predicted molar refractivity (Wildman–Crippen MR) is 99.2 cm³/mol. The third-order valence-electron chi connectivity index (χ3n) is 5.23. The van der Waals surface area contributed by atoms with Gasteiger partial charge >= 0.3 is 6.09 Å². The minimum Gasteiger partial charge on any atom is -0.465 e. The van der Waals surface area contributed by atoms with Gasteiger partial charge in [0.15, 0.2) is 0 Å². The quantitative estimate of drug-likeness (QED) is 0.782.